The second-order valence-electron chi connectivity index (χ2n) is 7.09. The number of aromatic nitrogens is 7. The molecule has 10 nitrogen and oxygen atoms in total. The van der Waals surface area contributed by atoms with E-state index in [1.165, 1.54) is 0 Å². The summed E-state index contributed by atoms with van der Waals surface area (Å²) >= 11 is 0. The Morgan fingerprint density at radius 2 is 2.14 bits per heavy atom. The number of H-pyrrole nitrogens is 1. The van der Waals surface area contributed by atoms with Gasteiger partial charge in [-0.05, 0) is 32.8 Å². The lowest BCUT2D eigenvalue weighted by Gasteiger charge is -2.18. The zero-order chi connectivity index (χ0) is 20.6. The predicted octanol–water partition coefficient (Wildman–Crippen LogP) is 2.28. The quantitative estimate of drug-likeness (QED) is 0.607. The van der Waals surface area contributed by atoms with Crippen molar-refractivity contribution in [1.29, 1.82) is 0 Å². The summed E-state index contributed by atoms with van der Waals surface area (Å²) in [7, 11) is 0. The maximum atomic E-state index is 8.36. The molecular weight excluding hydrogens is 374 g/mol. The van der Waals surface area contributed by atoms with Crippen LogP contribution in [0.25, 0.3) is 11.5 Å². The first-order valence-corrected chi connectivity index (χ1v) is 9.75. The third kappa shape index (κ3) is 5.08. The van der Waals surface area contributed by atoms with Crippen LogP contribution < -0.4 is 0 Å². The van der Waals surface area contributed by atoms with Crippen LogP contribution in [0.2, 0.25) is 0 Å². The number of nitrogens with one attached hydrogen (secondary N) is 1. The number of nitrogens with zero attached hydrogens (tertiary/aromatic N) is 6. The van der Waals surface area contributed by atoms with Crippen molar-refractivity contribution in [2.24, 2.45) is 0 Å². The summed E-state index contributed by atoms with van der Waals surface area (Å²) in [6.45, 7) is 6.32. The molecule has 0 unspecified atom stereocenters. The Labute approximate surface area is 168 Å². The molecule has 4 heterocycles. The number of hydrogen-bond acceptors (Lipinski definition) is 6. The average Bonchev–Trinajstić information content (AvgIpc) is 3.47. The van der Waals surface area contributed by atoms with E-state index in [1.54, 1.807) is 6.33 Å². The summed E-state index contributed by atoms with van der Waals surface area (Å²) in [6, 6.07) is 2.29. The largest absolute Gasteiger partial charge is 0.483 e. The van der Waals surface area contributed by atoms with Crippen LogP contribution in [0.5, 0.6) is 0 Å². The van der Waals surface area contributed by atoms with E-state index in [4.69, 9.17) is 24.7 Å². The topological polar surface area (TPSA) is 124 Å². The molecule has 0 aliphatic carbocycles. The highest BCUT2D eigenvalue weighted by atomic mass is 16.5. The first kappa shape index (κ1) is 20.7. The van der Waals surface area contributed by atoms with Crippen molar-refractivity contribution in [3.63, 3.8) is 0 Å². The number of ether oxygens (including phenoxy) is 1. The van der Waals surface area contributed by atoms with Crippen LogP contribution >= 0.6 is 0 Å². The fraction of sp³-hybridized carbons (Fsp3) is 0.526. The van der Waals surface area contributed by atoms with Crippen molar-refractivity contribution < 1.29 is 14.6 Å². The Bertz CT molecular complexity index is 880. The minimum absolute atomic E-state index is 0.250. The van der Waals surface area contributed by atoms with Crippen molar-refractivity contribution in [2.45, 2.75) is 51.6 Å². The number of carboxylic acid groups (broad SMARTS) is 1. The molecule has 2 N–H and O–H groups in total. The molecule has 1 fully saturated rings. The molecule has 10 heteroatoms. The van der Waals surface area contributed by atoms with Gasteiger partial charge in [-0.25, -0.2) is 14.6 Å². The van der Waals surface area contributed by atoms with Gasteiger partial charge >= 0.3 is 0 Å². The van der Waals surface area contributed by atoms with Crippen LogP contribution in [0.15, 0.2) is 24.8 Å². The summed E-state index contributed by atoms with van der Waals surface area (Å²) in [5.74, 6) is 2.17. The van der Waals surface area contributed by atoms with Crippen LogP contribution in [0, 0.1) is 0 Å². The minimum Gasteiger partial charge on any atom is -0.483 e. The molecule has 1 aliphatic heterocycles. The molecule has 0 spiro atoms. The highest BCUT2D eigenvalue weighted by Gasteiger charge is 2.24. The third-order valence-corrected chi connectivity index (χ3v) is 4.81. The van der Waals surface area contributed by atoms with Crippen LogP contribution in [-0.2, 0) is 22.5 Å². The molecule has 0 amide bonds. The lowest BCUT2D eigenvalue weighted by Crippen LogP contribution is -2.15. The van der Waals surface area contributed by atoms with Crippen molar-refractivity contribution >= 4 is 6.47 Å². The van der Waals surface area contributed by atoms with Crippen molar-refractivity contribution in [2.75, 3.05) is 13.2 Å². The van der Waals surface area contributed by atoms with Crippen LogP contribution in [0.1, 0.15) is 50.2 Å². The summed E-state index contributed by atoms with van der Waals surface area (Å²) in [6.07, 6.45) is 8.19. The number of aromatic amines is 1. The molecule has 3 aromatic heterocycles. The predicted molar refractivity (Wildman–Crippen MR) is 105 cm³/mol. The van der Waals surface area contributed by atoms with Gasteiger partial charge in [-0.15, -0.1) is 0 Å². The molecule has 4 rings (SSSR count). The maximum Gasteiger partial charge on any atom is 0.290 e. The molecule has 29 heavy (non-hydrogen) atoms. The lowest BCUT2D eigenvalue weighted by atomic mass is 10.00. The number of imidazole rings is 1. The number of hydrogen-bond donors (Lipinski definition) is 2. The summed E-state index contributed by atoms with van der Waals surface area (Å²) < 4.78 is 9.51. The molecule has 1 aliphatic rings. The van der Waals surface area contributed by atoms with Gasteiger partial charge in [-0.3, -0.25) is 9.48 Å². The van der Waals surface area contributed by atoms with Crippen molar-refractivity contribution in [3.8, 4) is 11.5 Å². The van der Waals surface area contributed by atoms with E-state index in [0.29, 0.717) is 5.92 Å². The van der Waals surface area contributed by atoms with E-state index in [0.717, 1.165) is 62.1 Å². The average molecular weight is 401 g/mol. The van der Waals surface area contributed by atoms with Gasteiger partial charge in [0.05, 0.1) is 6.33 Å². The van der Waals surface area contributed by atoms with Crippen molar-refractivity contribution in [3.05, 3.63) is 36.3 Å². The molecule has 0 aromatic carbocycles. The zero-order valence-corrected chi connectivity index (χ0v) is 16.7. The lowest BCUT2D eigenvalue weighted by molar-refractivity contribution is -0.122. The molecule has 0 radical (unpaired) electrons. The van der Waals surface area contributed by atoms with Crippen LogP contribution in [-0.4, -0.2) is 59.3 Å². The van der Waals surface area contributed by atoms with E-state index in [-0.39, 0.29) is 12.5 Å². The Morgan fingerprint density at radius 3 is 2.79 bits per heavy atom. The van der Waals surface area contributed by atoms with E-state index in [9.17, 15) is 0 Å². The van der Waals surface area contributed by atoms with E-state index in [2.05, 4.69) is 28.9 Å². The number of carbonyl (C=O) groups is 1. The standard InChI is InChI=1S/C18H25N7O.CH2O2/c1-13(2)25-16(3-7-21-25)18-22-17(14-5-9-26-10-6-14)23-24(18)8-4-15-11-19-12-20-15;2-1-3/h3,7,11-14H,4-6,8-10H2,1-2H3,(H,19,20);1H,(H,2,3). The van der Waals surface area contributed by atoms with Crippen LogP contribution in [0.4, 0.5) is 0 Å². The maximum absolute atomic E-state index is 8.36. The van der Waals surface area contributed by atoms with Gasteiger partial charge in [0.2, 0.25) is 0 Å². The van der Waals surface area contributed by atoms with E-state index >= 15 is 0 Å². The Morgan fingerprint density at radius 1 is 1.38 bits per heavy atom. The fourth-order valence-corrected chi connectivity index (χ4v) is 3.38. The van der Waals surface area contributed by atoms with E-state index in [1.807, 2.05) is 27.8 Å². The van der Waals surface area contributed by atoms with Gasteiger partial charge in [0, 0.05) is 56.2 Å². The Balaban J connectivity index is 0.000000755. The van der Waals surface area contributed by atoms with Gasteiger partial charge in [0.1, 0.15) is 5.69 Å². The molecule has 0 atom stereocenters. The third-order valence-electron chi connectivity index (χ3n) is 4.81. The van der Waals surface area contributed by atoms with Gasteiger partial charge in [-0.1, -0.05) is 0 Å². The van der Waals surface area contributed by atoms with Crippen molar-refractivity contribution in [1.82, 2.24) is 34.5 Å². The molecule has 0 saturated carbocycles. The SMILES string of the molecule is CC(C)n1nccc1-c1nc(C2CCOCC2)nn1CCc1cnc[nH]1.O=CO. The highest BCUT2D eigenvalue weighted by Crippen LogP contribution is 2.28. The number of aryl methyl sites for hydroxylation is 2. The second-order valence-corrected chi connectivity index (χ2v) is 7.09. The minimum atomic E-state index is -0.250. The van der Waals surface area contributed by atoms with Gasteiger partial charge < -0.3 is 14.8 Å². The summed E-state index contributed by atoms with van der Waals surface area (Å²) in [5.41, 5.74) is 2.10. The normalized spacial score (nSPS) is 14.6. The summed E-state index contributed by atoms with van der Waals surface area (Å²) in [5, 5.41) is 16.2. The second kappa shape index (κ2) is 9.97. The number of rotatable bonds is 6. The smallest absolute Gasteiger partial charge is 0.290 e. The molecule has 156 valence electrons. The molecular formula is C19H27N7O3. The van der Waals surface area contributed by atoms with Gasteiger partial charge in [-0.2, -0.15) is 10.2 Å². The van der Waals surface area contributed by atoms with Gasteiger partial charge in [0.25, 0.3) is 6.47 Å². The van der Waals surface area contributed by atoms with Gasteiger partial charge in [0.15, 0.2) is 11.6 Å². The van der Waals surface area contributed by atoms with Crippen LogP contribution in [0.3, 0.4) is 0 Å². The Kier molecular flexibility index (Phi) is 7.12. The first-order chi connectivity index (χ1) is 14.1. The molecule has 3 aromatic rings. The summed E-state index contributed by atoms with van der Waals surface area (Å²) in [4.78, 5) is 20.5. The molecule has 0 bridgehead atoms. The monoisotopic (exact) mass is 401 g/mol. The zero-order valence-electron chi connectivity index (χ0n) is 16.7. The fourth-order valence-electron chi connectivity index (χ4n) is 3.38. The molecule has 1 saturated heterocycles. The first-order valence-electron chi connectivity index (χ1n) is 9.75. The van der Waals surface area contributed by atoms with E-state index < -0.39 is 0 Å². The highest BCUT2D eigenvalue weighted by molar-refractivity contribution is 5.50. The Hall–Kier alpha value is -3.01.